The van der Waals surface area contributed by atoms with E-state index in [2.05, 4.69) is 0 Å². The molecule has 0 spiro atoms. The molecule has 2 aromatic carbocycles. The van der Waals surface area contributed by atoms with Crippen molar-refractivity contribution < 1.29 is 19.0 Å². The zero-order chi connectivity index (χ0) is 18.5. The van der Waals surface area contributed by atoms with Crippen molar-refractivity contribution in [3.05, 3.63) is 58.1 Å². The normalized spacial score (nSPS) is 13.5. The second-order valence-corrected chi connectivity index (χ2v) is 6.02. The lowest BCUT2D eigenvalue weighted by molar-refractivity contribution is 0.104. The van der Waals surface area contributed by atoms with E-state index in [0.717, 1.165) is 6.42 Å². The summed E-state index contributed by atoms with van der Waals surface area (Å²) in [7, 11) is 1.55. The molecule has 6 heteroatoms. The number of nitrogens with zero attached hydrogens (tertiary/aromatic N) is 1. The molecule has 0 atom stereocenters. The van der Waals surface area contributed by atoms with Gasteiger partial charge in [-0.25, -0.2) is 0 Å². The van der Waals surface area contributed by atoms with E-state index in [9.17, 15) is 10.1 Å². The molecule has 5 nitrogen and oxygen atoms in total. The summed E-state index contributed by atoms with van der Waals surface area (Å²) in [6.07, 6.45) is 2.25. The Morgan fingerprint density at radius 2 is 1.96 bits per heavy atom. The number of allylic oxidation sites excluding steroid dienone is 1. The van der Waals surface area contributed by atoms with Crippen LogP contribution in [-0.2, 0) is 0 Å². The van der Waals surface area contributed by atoms with Crippen LogP contribution in [0.4, 0.5) is 0 Å². The van der Waals surface area contributed by atoms with Crippen molar-refractivity contribution in [3.8, 4) is 23.3 Å². The maximum Gasteiger partial charge on any atom is 0.203 e. The van der Waals surface area contributed by atoms with Crippen LogP contribution in [0.1, 0.15) is 22.3 Å². The van der Waals surface area contributed by atoms with Crippen molar-refractivity contribution >= 4 is 23.5 Å². The molecule has 0 N–H and O–H groups in total. The van der Waals surface area contributed by atoms with Crippen LogP contribution in [0.5, 0.6) is 17.2 Å². The van der Waals surface area contributed by atoms with E-state index in [0.29, 0.717) is 46.6 Å². The van der Waals surface area contributed by atoms with Gasteiger partial charge in [0.1, 0.15) is 17.4 Å². The number of halogens is 1. The molecule has 0 unspecified atom stereocenters. The highest BCUT2D eigenvalue weighted by molar-refractivity contribution is 6.32. The van der Waals surface area contributed by atoms with E-state index in [1.54, 1.807) is 43.5 Å². The van der Waals surface area contributed by atoms with Crippen molar-refractivity contribution in [2.24, 2.45) is 0 Å². The van der Waals surface area contributed by atoms with E-state index in [-0.39, 0.29) is 11.4 Å². The van der Waals surface area contributed by atoms with Gasteiger partial charge in [0.15, 0.2) is 11.5 Å². The predicted octanol–water partition coefficient (Wildman–Crippen LogP) is 4.30. The van der Waals surface area contributed by atoms with Gasteiger partial charge in [-0.1, -0.05) is 11.6 Å². The maximum absolute atomic E-state index is 12.6. The van der Waals surface area contributed by atoms with Gasteiger partial charge in [0, 0.05) is 12.0 Å². The van der Waals surface area contributed by atoms with E-state index in [1.807, 2.05) is 6.07 Å². The Morgan fingerprint density at radius 1 is 1.23 bits per heavy atom. The zero-order valence-corrected chi connectivity index (χ0v) is 14.9. The minimum atomic E-state index is -0.376. The van der Waals surface area contributed by atoms with E-state index < -0.39 is 0 Å². The fourth-order valence-electron chi connectivity index (χ4n) is 2.55. The van der Waals surface area contributed by atoms with Crippen molar-refractivity contribution in [3.63, 3.8) is 0 Å². The Bertz CT molecular complexity index is 897. The first-order chi connectivity index (χ1) is 12.6. The molecule has 0 aliphatic carbocycles. The lowest BCUT2D eigenvalue weighted by Crippen LogP contribution is -2.02. The van der Waals surface area contributed by atoms with Crippen LogP contribution in [0, 0.1) is 11.3 Å². The quantitative estimate of drug-likeness (QED) is 0.456. The largest absolute Gasteiger partial charge is 0.497 e. The number of hydrogen-bond acceptors (Lipinski definition) is 5. The van der Waals surface area contributed by atoms with E-state index >= 15 is 0 Å². The van der Waals surface area contributed by atoms with Gasteiger partial charge < -0.3 is 14.2 Å². The minimum Gasteiger partial charge on any atom is -0.497 e. The van der Waals surface area contributed by atoms with Crippen molar-refractivity contribution in [1.82, 2.24) is 0 Å². The lowest BCUT2D eigenvalue weighted by Gasteiger charge is -2.10. The Kier molecular flexibility index (Phi) is 5.45. The topological polar surface area (TPSA) is 68.6 Å². The predicted molar refractivity (Wildman–Crippen MR) is 98.0 cm³/mol. The lowest BCUT2D eigenvalue weighted by atomic mass is 10.0. The number of Topliss-reactive ketones (excluding diaryl/α,β-unsaturated/α-hetero) is 1. The molecule has 0 aromatic heterocycles. The molecule has 0 saturated heterocycles. The van der Waals surface area contributed by atoms with E-state index in [4.69, 9.17) is 25.8 Å². The summed E-state index contributed by atoms with van der Waals surface area (Å²) in [4.78, 5) is 12.6. The molecule has 26 heavy (non-hydrogen) atoms. The third-order valence-electron chi connectivity index (χ3n) is 3.85. The summed E-state index contributed by atoms with van der Waals surface area (Å²) < 4.78 is 16.3. The summed E-state index contributed by atoms with van der Waals surface area (Å²) in [5.41, 5.74) is 0.998. The van der Waals surface area contributed by atoms with Gasteiger partial charge in [-0.15, -0.1) is 0 Å². The number of hydrogen-bond donors (Lipinski definition) is 0. The maximum atomic E-state index is 12.6. The number of carbonyl (C=O) groups is 1. The van der Waals surface area contributed by atoms with Gasteiger partial charge in [-0.3, -0.25) is 4.79 Å². The molecular formula is C20H16ClNO4. The number of rotatable bonds is 4. The van der Waals surface area contributed by atoms with Crippen LogP contribution in [0.15, 0.2) is 42.0 Å². The van der Waals surface area contributed by atoms with Gasteiger partial charge in [0.2, 0.25) is 5.78 Å². The van der Waals surface area contributed by atoms with Crippen LogP contribution < -0.4 is 14.2 Å². The molecule has 0 bridgehead atoms. The molecule has 0 amide bonds. The van der Waals surface area contributed by atoms with Crippen LogP contribution in [-0.4, -0.2) is 26.1 Å². The van der Waals surface area contributed by atoms with Crippen LogP contribution in [0.3, 0.4) is 0 Å². The summed E-state index contributed by atoms with van der Waals surface area (Å²) >= 11 is 6.26. The number of benzene rings is 2. The number of methoxy groups -OCH3 is 1. The first-order valence-electron chi connectivity index (χ1n) is 8.02. The van der Waals surface area contributed by atoms with Crippen LogP contribution >= 0.6 is 11.6 Å². The Hall–Kier alpha value is -2.97. The Morgan fingerprint density at radius 3 is 2.65 bits per heavy atom. The van der Waals surface area contributed by atoms with Crippen LogP contribution in [0.2, 0.25) is 5.02 Å². The SMILES string of the molecule is COc1ccc(C(=O)/C(C#N)=C/c2cc(Cl)c3c(c2)OCCCO3)cc1. The fraction of sp³-hybridized carbons (Fsp3) is 0.200. The van der Waals surface area contributed by atoms with Crippen LogP contribution in [0.25, 0.3) is 6.08 Å². The molecule has 1 aliphatic rings. The molecule has 0 radical (unpaired) electrons. The summed E-state index contributed by atoms with van der Waals surface area (Å²) in [6.45, 7) is 1.05. The molecule has 132 valence electrons. The van der Waals surface area contributed by atoms with Gasteiger partial charge in [-0.05, 0) is 48.0 Å². The van der Waals surface area contributed by atoms with Gasteiger partial charge >= 0.3 is 0 Å². The Balaban J connectivity index is 1.93. The number of ketones is 1. The average molecular weight is 370 g/mol. The molecule has 0 fully saturated rings. The van der Waals surface area contributed by atoms with Crippen molar-refractivity contribution in [2.45, 2.75) is 6.42 Å². The van der Waals surface area contributed by atoms with Gasteiger partial charge in [0.25, 0.3) is 0 Å². The standard InChI is InChI=1S/C20H16ClNO4/c1-24-16-5-3-14(4-6-16)19(23)15(12-22)9-13-10-17(21)20-18(11-13)25-7-2-8-26-20/h3-6,9-11H,2,7-8H2,1H3/b15-9+. The second kappa shape index (κ2) is 7.94. The highest BCUT2D eigenvalue weighted by Crippen LogP contribution is 2.38. The summed E-state index contributed by atoms with van der Waals surface area (Å²) in [6, 6.07) is 11.9. The molecular weight excluding hydrogens is 354 g/mol. The average Bonchev–Trinajstić information content (AvgIpc) is 2.91. The fourth-order valence-corrected chi connectivity index (χ4v) is 2.82. The van der Waals surface area contributed by atoms with Gasteiger partial charge in [0.05, 0.1) is 25.3 Å². The monoisotopic (exact) mass is 369 g/mol. The number of carbonyl (C=O) groups excluding carboxylic acids is 1. The smallest absolute Gasteiger partial charge is 0.203 e. The number of fused-ring (bicyclic) bond motifs is 1. The summed E-state index contributed by atoms with van der Waals surface area (Å²) in [5, 5.41) is 9.80. The third kappa shape index (κ3) is 3.81. The third-order valence-corrected chi connectivity index (χ3v) is 4.13. The molecule has 3 rings (SSSR count). The highest BCUT2D eigenvalue weighted by Gasteiger charge is 2.17. The number of ether oxygens (including phenoxy) is 3. The number of nitriles is 1. The second-order valence-electron chi connectivity index (χ2n) is 5.61. The zero-order valence-electron chi connectivity index (χ0n) is 14.1. The van der Waals surface area contributed by atoms with Gasteiger partial charge in [-0.2, -0.15) is 5.26 Å². The van der Waals surface area contributed by atoms with Crippen molar-refractivity contribution in [1.29, 1.82) is 5.26 Å². The highest BCUT2D eigenvalue weighted by atomic mass is 35.5. The first kappa shape index (κ1) is 17.8. The molecule has 1 aliphatic heterocycles. The van der Waals surface area contributed by atoms with E-state index in [1.165, 1.54) is 6.08 Å². The molecule has 0 saturated carbocycles. The molecule has 1 heterocycles. The first-order valence-corrected chi connectivity index (χ1v) is 8.40. The Labute approximate surface area is 156 Å². The summed E-state index contributed by atoms with van der Waals surface area (Å²) in [5.74, 6) is 1.26. The van der Waals surface area contributed by atoms with Crippen molar-refractivity contribution in [2.75, 3.05) is 20.3 Å². The molecule has 2 aromatic rings. The minimum absolute atomic E-state index is 0.000670.